The van der Waals surface area contributed by atoms with Gasteiger partial charge in [-0.05, 0) is 89.0 Å². The van der Waals surface area contributed by atoms with Crippen LogP contribution in [0.4, 0.5) is 0 Å². The average Bonchev–Trinajstić information content (AvgIpc) is 4.04. The predicted molar refractivity (Wildman–Crippen MR) is 241 cm³/mol. The second kappa shape index (κ2) is 11.8. The first kappa shape index (κ1) is 31.4. The molecule has 0 N–H and O–H groups in total. The molecule has 4 aromatic heterocycles. The molecule has 0 fully saturated rings. The SMILES string of the molecule is c1ccc(-c2ccc(-c3cc4c5cc(-n6c7ccccc7c7ccccc76)ccc5oc4c4oc5ccc(-n6c7ccccc7c7ccccc76)cc5c34)cc2)cc1. The third-order valence-electron chi connectivity index (χ3n) is 12.1. The fourth-order valence-electron chi connectivity index (χ4n) is 9.53. The third-order valence-corrected chi connectivity index (χ3v) is 12.1. The van der Waals surface area contributed by atoms with Crippen LogP contribution in [0.15, 0.2) is 203 Å². The molecule has 0 aliphatic rings. The largest absolute Gasteiger partial charge is 0.452 e. The minimum absolute atomic E-state index is 0.753. The molecule has 9 aromatic carbocycles. The second-order valence-electron chi connectivity index (χ2n) is 15.3. The quantitative estimate of drug-likeness (QED) is 0.180. The first-order chi connectivity index (χ1) is 28.8. The van der Waals surface area contributed by atoms with Crippen molar-refractivity contribution >= 4 is 87.5 Å². The average molecular weight is 741 g/mol. The molecule has 0 aliphatic carbocycles. The van der Waals surface area contributed by atoms with Crippen LogP contribution in [0.3, 0.4) is 0 Å². The number of benzene rings is 9. The predicted octanol–water partition coefficient (Wildman–Crippen LogP) is 15.0. The molecular formula is C54H32N2O2. The Morgan fingerprint density at radius 2 is 0.724 bits per heavy atom. The van der Waals surface area contributed by atoms with Gasteiger partial charge in [0, 0.05) is 54.5 Å². The molecule has 0 amide bonds. The van der Waals surface area contributed by atoms with Crippen molar-refractivity contribution in [1.82, 2.24) is 9.13 Å². The van der Waals surface area contributed by atoms with Crippen molar-refractivity contribution in [1.29, 1.82) is 0 Å². The van der Waals surface area contributed by atoms with Crippen LogP contribution in [0.5, 0.6) is 0 Å². The van der Waals surface area contributed by atoms with Crippen molar-refractivity contribution in [3.63, 3.8) is 0 Å². The van der Waals surface area contributed by atoms with Crippen molar-refractivity contribution in [2.75, 3.05) is 0 Å². The maximum absolute atomic E-state index is 6.91. The molecule has 4 heteroatoms. The summed E-state index contributed by atoms with van der Waals surface area (Å²) in [5, 5.41) is 9.10. The Labute approximate surface area is 332 Å². The molecular weight excluding hydrogens is 709 g/mol. The van der Waals surface area contributed by atoms with E-state index in [0.29, 0.717) is 0 Å². The third kappa shape index (κ3) is 4.40. The molecule has 4 heterocycles. The molecule has 58 heavy (non-hydrogen) atoms. The number of hydrogen-bond donors (Lipinski definition) is 0. The Kier molecular flexibility index (Phi) is 6.41. The first-order valence-corrected chi connectivity index (χ1v) is 19.8. The van der Waals surface area contributed by atoms with E-state index in [4.69, 9.17) is 8.83 Å². The Bertz CT molecular complexity index is 3680. The van der Waals surface area contributed by atoms with Crippen LogP contribution >= 0.6 is 0 Å². The Hall–Kier alpha value is -7.82. The lowest BCUT2D eigenvalue weighted by Gasteiger charge is -2.10. The van der Waals surface area contributed by atoms with Crippen LogP contribution in [-0.4, -0.2) is 9.13 Å². The summed E-state index contributed by atoms with van der Waals surface area (Å²) in [5.74, 6) is 0. The fraction of sp³-hybridized carbons (Fsp3) is 0. The van der Waals surface area contributed by atoms with E-state index in [9.17, 15) is 0 Å². The topological polar surface area (TPSA) is 36.1 Å². The van der Waals surface area contributed by atoms with Gasteiger partial charge in [-0.15, -0.1) is 0 Å². The number of nitrogens with zero attached hydrogens (tertiary/aromatic N) is 2. The van der Waals surface area contributed by atoms with Gasteiger partial charge in [-0.25, -0.2) is 0 Å². The Morgan fingerprint density at radius 1 is 0.293 bits per heavy atom. The highest BCUT2D eigenvalue weighted by molar-refractivity contribution is 6.24. The van der Waals surface area contributed by atoms with Gasteiger partial charge in [0.05, 0.1) is 22.1 Å². The summed E-state index contributed by atoms with van der Waals surface area (Å²) >= 11 is 0. The van der Waals surface area contributed by atoms with E-state index < -0.39 is 0 Å². The highest BCUT2D eigenvalue weighted by atomic mass is 16.4. The summed E-state index contributed by atoms with van der Waals surface area (Å²) in [6.45, 7) is 0. The maximum atomic E-state index is 6.91. The smallest absolute Gasteiger partial charge is 0.179 e. The van der Waals surface area contributed by atoms with Gasteiger partial charge in [-0.3, -0.25) is 0 Å². The molecule has 0 bridgehead atoms. The van der Waals surface area contributed by atoms with Crippen LogP contribution in [0, 0.1) is 0 Å². The number of fused-ring (bicyclic) bond motifs is 13. The summed E-state index contributed by atoms with van der Waals surface area (Å²) in [7, 11) is 0. The Morgan fingerprint density at radius 3 is 1.28 bits per heavy atom. The van der Waals surface area contributed by atoms with Crippen molar-refractivity contribution < 1.29 is 8.83 Å². The minimum atomic E-state index is 0.753. The van der Waals surface area contributed by atoms with Gasteiger partial charge in [0.15, 0.2) is 11.2 Å². The Balaban J connectivity index is 1.09. The first-order valence-electron chi connectivity index (χ1n) is 19.8. The molecule has 0 unspecified atom stereocenters. The molecule has 13 aromatic rings. The lowest BCUT2D eigenvalue weighted by molar-refractivity contribution is 0.633. The van der Waals surface area contributed by atoms with E-state index >= 15 is 0 Å². The number of furan rings is 2. The van der Waals surface area contributed by atoms with Crippen molar-refractivity contribution in [2.24, 2.45) is 0 Å². The number of rotatable bonds is 4. The standard InChI is InChI=1S/C54H32N2O2/c1-2-12-33(13-3-1)34-22-24-35(25-23-34)42-32-44-43-30-36(55-46-18-8-4-14-38(46)39-15-5-9-19-47(39)55)26-28-50(43)57-53(44)54-52(42)45-31-37(27-29-51(45)58-54)56-48-20-10-6-16-40(48)41-17-7-11-21-49(41)56/h1-32H. The molecule has 4 nitrogen and oxygen atoms in total. The summed E-state index contributed by atoms with van der Waals surface area (Å²) in [6, 6.07) is 69.5. The van der Waals surface area contributed by atoms with Crippen molar-refractivity contribution in [3.05, 3.63) is 194 Å². The monoisotopic (exact) mass is 740 g/mol. The molecule has 270 valence electrons. The van der Waals surface area contributed by atoms with Crippen LogP contribution in [0.2, 0.25) is 0 Å². The number of hydrogen-bond acceptors (Lipinski definition) is 2. The lowest BCUT2D eigenvalue weighted by atomic mass is 9.95. The molecule has 0 aliphatic heterocycles. The molecule has 0 saturated heterocycles. The summed E-state index contributed by atoms with van der Waals surface area (Å²) < 4.78 is 18.5. The lowest BCUT2D eigenvalue weighted by Crippen LogP contribution is -1.93. The van der Waals surface area contributed by atoms with Gasteiger partial charge < -0.3 is 18.0 Å². The van der Waals surface area contributed by atoms with Crippen LogP contribution in [0.1, 0.15) is 0 Å². The van der Waals surface area contributed by atoms with Gasteiger partial charge in [-0.2, -0.15) is 0 Å². The molecule has 0 radical (unpaired) electrons. The van der Waals surface area contributed by atoms with Crippen LogP contribution < -0.4 is 0 Å². The van der Waals surface area contributed by atoms with Gasteiger partial charge in [0.1, 0.15) is 11.2 Å². The van der Waals surface area contributed by atoms with E-state index in [1.165, 1.54) is 54.7 Å². The van der Waals surface area contributed by atoms with Gasteiger partial charge in [0.2, 0.25) is 0 Å². The van der Waals surface area contributed by atoms with Crippen LogP contribution in [0.25, 0.3) is 121 Å². The second-order valence-corrected chi connectivity index (χ2v) is 15.3. The van der Waals surface area contributed by atoms with Crippen molar-refractivity contribution in [3.8, 4) is 33.6 Å². The van der Waals surface area contributed by atoms with E-state index in [1.807, 2.05) is 0 Å². The van der Waals surface area contributed by atoms with Gasteiger partial charge in [0.25, 0.3) is 0 Å². The summed E-state index contributed by atoms with van der Waals surface area (Å²) in [4.78, 5) is 0. The zero-order chi connectivity index (χ0) is 37.9. The molecule has 0 atom stereocenters. The fourth-order valence-corrected chi connectivity index (χ4v) is 9.53. The molecule has 0 saturated carbocycles. The number of para-hydroxylation sites is 4. The highest BCUT2D eigenvalue weighted by Gasteiger charge is 2.23. The van der Waals surface area contributed by atoms with Crippen LogP contribution in [-0.2, 0) is 0 Å². The normalized spacial score (nSPS) is 12.1. The van der Waals surface area contributed by atoms with E-state index in [0.717, 1.165) is 66.4 Å². The minimum Gasteiger partial charge on any atom is -0.452 e. The highest BCUT2D eigenvalue weighted by Crippen LogP contribution is 2.46. The summed E-state index contributed by atoms with van der Waals surface area (Å²) in [5.41, 5.74) is 14.6. The zero-order valence-corrected chi connectivity index (χ0v) is 31.2. The van der Waals surface area contributed by atoms with E-state index in [1.54, 1.807) is 0 Å². The molecule has 13 rings (SSSR count). The van der Waals surface area contributed by atoms with Gasteiger partial charge in [-0.1, -0.05) is 127 Å². The van der Waals surface area contributed by atoms with Gasteiger partial charge >= 0.3 is 0 Å². The number of aromatic nitrogens is 2. The molecule has 0 spiro atoms. The van der Waals surface area contributed by atoms with E-state index in [2.05, 4.69) is 203 Å². The zero-order valence-electron chi connectivity index (χ0n) is 31.2. The maximum Gasteiger partial charge on any atom is 0.179 e. The van der Waals surface area contributed by atoms with Crippen molar-refractivity contribution in [2.45, 2.75) is 0 Å². The van der Waals surface area contributed by atoms with E-state index in [-0.39, 0.29) is 0 Å². The summed E-state index contributed by atoms with van der Waals surface area (Å²) in [6.07, 6.45) is 0.